The van der Waals surface area contributed by atoms with Gasteiger partial charge in [-0.2, -0.15) is 0 Å². The van der Waals surface area contributed by atoms with Crippen LogP contribution in [0, 0.1) is 0 Å². The molecule has 1 rings (SSSR count). The van der Waals surface area contributed by atoms with Gasteiger partial charge in [0.15, 0.2) is 6.61 Å². The Morgan fingerprint density at radius 1 is 1.22 bits per heavy atom. The van der Waals surface area contributed by atoms with Gasteiger partial charge in [0, 0.05) is 11.4 Å². The summed E-state index contributed by atoms with van der Waals surface area (Å²) >= 11 is 1.56. The van der Waals surface area contributed by atoms with Crippen molar-refractivity contribution in [1.29, 1.82) is 0 Å². The fraction of sp³-hybridized carbons (Fsp3) is 0.529. The van der Waals surface area contributed by atoms with Gasteiger partial charge >= 0.3 is 5.97 Å². The molecule has 0 aliphatic rings. The third kappa shape index (κ3) is 6.95. The van der Waals surface area contributed by atoms with Gasteiger partial charge in [-0.3, -0.25) is 4.79 Å². The maximum Gasteiger partial charge on any atom is 0.342 e. The number of thioether (sulfide) groups is 1. The number of carbonyl (C=O) groups excluding carboxylic acids is 2. The number of unbranched alkanes of at least 4 members (excludes halogenated alkanes) is 3. The molecule has 1 aromatic carbocycles. The minimum absolute atomic E-state index is 0.278. The lowest BCUT2D eigenvalue weighted by molar-refractivity contribution is -0.124. The molecular formula is C17H25NO4S. The summed E-state index contributed by atoms with van der Waals surface area (Å²) in [6, 6.07) is 5.24. The highest BCUT2D eigenvalue weighted by molar-refractivity contribution is 7.98. The first-order chi connectivity index (χ1) is 11.1. The molecule has 0 saturated heterocycles. The Morgan fingerprint density at radius 2 is 2.00 bits per heavy atom. The van der Waals surface area contributed by atoms with E-state index in [0.29, 0.717) is 17.9 Å². The molecular weight excluding hydrogens is 314 g/mol. The minimum Gasteiger partial charge on any atom is -0.496 e. The smallest absolute Gasteiger partial charge is 0.342 e. The van der Waals surface area contributed by atoms with Crippen molar-refractivity contribution in [3.63, 3.8) is 0 Å². The average Bonchev–Trinajstić information content (AvgIpc) is 2.58. The number of nitrogens with one attached hydrogen (secondary N) is 1. The Labute approximate surface area is 142 Å². The predicted molar refractivity (Wildman–Crippen MR) is 92.2 cm³/mol. The molecule has 1 aromatic rings. The molecule has 0 fully saturated rings. The number of ether oxygens (including phenoxy) is 2. The fourth-order valence-electron chi connectivity index (χ4n) is 2.01. The van der Waals surface area contributed by atoms with Gasteiger partial charge in [0.05, 0.1) is 7.11 Å². The van der Waals surface area contributed by atoms with Crippen LogP contribution in [-0.4, -0.2) is 38.4 Å². The summed E-state index contributed by atoms with van der Waals surface area (Å²) in [4.78, 5) is 24.7. The standard InChI is InChI=1S/C17H25NO4S/c1-4-5-6-7-10-18-16(19)12-22-17(20)14-9-8-13(23-3)11-15(14)21-2/h8-9,11H,4-7,10,12H2,1-3H3,(H,18,19). The first-order valence-electron chi connectivity index (χ1n) is 7.78. The Bertz CT molecular complexity index is 519. The number of benzene rings is 1. The van der Waals surface area contributed by atoms with Crippen molar-refractivity contribution in [3.05, 3.63) is 23.8 Å². The van der Waals surface area contributed by atoms with Crippen molar-refractivity contribution in [2.45, 2.75) is 37.5 Å². The maximum atomic E-state index is 12.1. The molecule has 0 aromatic heterocycles. The maximum absolute atomic E-state index is 12.1. The zero-order chi connectivity index (χ0) is 17.1. The molecule has 0 bridgehead atoms. The van der Waals surface area contributed by atoms with E-state index < -0.39 is 5.97 Å². The van der Waals surface area contributed by atoms with Gasteiger partial charge in [-0.05, 0) is 30.9 Å². The summed E-state index contributed by atoms with van der Waals surface area (Å²) in [6.45, 7) is 2.47. The summed E-state index contributed by atoms with van der Waals surface area (Å²) in [5.74, 6) is -0.396. The lowest BCUT2D eigenvalue weighted by Gasteiger charge is -2.10. The van der Waals surface area contributed by atoms with E-state index in [9.17, 15) is 9.59 Å². The highest BCUT2D eigenvalue weighted by atomic mass is 32.2. The lowest BCUT2D eigenvalue weighted by atomic mass is 10.2. The van der Waals surface area contributed by atoms with Crippen LogP contribution < -0.4 is 10.1 Å². The van der Waals surface area contributed by atoms with E-state index in [4.69, 9.17) is 9.47 Å². The van der Waals surface area contributed by atoms with E-state index >= 15 is 0 Å². The molecule has 0 aliphatic heterocycles. The van der Waals surface area contributed by atoms with Crippen LogP contribution in [-0.2, 0) is 9.53 Å². The quantitative estimate of drug-likeness (QED) is 0.403. The Kier molecular flexibility index (Phi) is 9.21. The van der Waals surface area contributed by atoms with Crippen LogP contribution in [0.5, 0.6) is 5.75 Å². The number of hydrogen-bond donors (Lipinski definition) is 1. The van der Waals surface area contributed by atoms with Crippen LogP contribution in [0.15, 0.2) is 23.1 Å². The van der Waals surface area contributed by atoms with Crippen LogP contribution in [0.25, 0.3) is 0 Å². The van der Waals surface area contributed by atoms with E-state index in [1.54, 1.807) is 23.9 Å². The fourth-order valence-corrected chi connectivity index (χ4v) is 2.44. The number of carbonyl (C=O) groups is 2. The molecule has 1 amide bonds. The lowest BCUT2D eigenvalue weighted by Crippen LogP contribution is -2.29. The third-order valence-electron chi connectivity index (χ3n) is 3.32. The van der Waals surface area contributed by atoms with Crippen molar-refractivity contribution in [2.75, 3.05) is 26.5 Å². The van der Waals surface area contributed by atoms with Crippen molar-refractivity contribution in [3.8, 4) is 5.75 Å². The SMILES string of the molecule is CCCCCCNC(=O)COC(=O)c1ccc(SC)cc1OC. The molecule has 0 aliphatic carbocycles. The number of methoxy groups -OCH3 is 1. The number of esters is 1. The number of hydrogen-bond acceptors (Lipinski definition) is 5. The van der Waals surface area contributed by atoms with Crippen molar-refractivity contribution < 1.29 is 19.1 Å². The molecule has 5 nitrogen and oxygen atoms in total. The van der Waals surface area contributed by atoms with E-state index in [0.717, 1.165) is 30.6 Å². The first kappa shape index (κ1) is 19.4. The molecule has 0 spiro atoms. The third-order valence-corrected chi connectivity index (χ3v) is 4.04. The largest absolute Gasteiger partial charge is 0.496 e. The van der Waals surface area contributed by atoms with Crippen LogP contribution in [0.2, 0.25) is 0 Å². The highest BCUT2D eigenvalue weighted by Gasteiger charge is 2.15. The van der Waals surface area contributed by atoms with Gasteiger partial charge in [-0.25, -0.2) is 4.79 Å². The summed E-state index contributed by atoms with van der Waals surface area (Å²) in [5, 5.41) is 2.74. The molecule has 1 N–H and O–H groups in total. The summed E-state index contributed by atoms with van der Waals surface area (Å²) in [5.41, 5.74) is 0.320. The Balaban J connectivity index is 2.43. The molecule has 6 heteroatoms. The molecule has 0 unspecified atom stereocenters. The molecule has 0 radical (unpaired) electrons. The number of rotatable bonds is 10. The van der Waals surface area contributed by atoms with Crippen LogP contribution in [0.3, 0.4) is 0 Å². The van der Waals surface area contributed by atoms with Crippen LogP contribution >= 0.6 is 11.8 Å². The minimum atomic E-state index is -0.560. The summed E-state index contributed by atoms with van der Waals surface area (Å²) in [7, 11) is 1.50. The summed E-state index contributed by atoms with van der Waals surface area (Å²) in [6.07, 6.45) is 6.30. The van der Waals surface area contributed by atoms with Gasteiger partial charge in [-0.15, -0.1) is 11.8 Å². The number of amides is 1. The molecule has 128 valence electrons. The monoisotopic (exact) mass is 339 g/mol. The van der Waals surface area contributed by atoms with E-state index in [2.05, 4.69) is 12.2 Å². The van der Waals surface area contributed by atoms with Gasteiger partial charge in [-0.1, -0.05) is 26.2 Å². The highest BCUT2D eigenvalue weighted by Crippen LogP contribution is 2.25. The van der Waals surface area contributed by atoms with E-state index in [1.807, 2.05) is 12.3 Å². The topological polar surface area (TPSA) is 64.6 Å². The summed E-state index contributed by atoms with van der Waals surface area (Å²) < 4.78 is 10.2. The van der Waals surface area contributed by atoms with Crippen LogP contribution in [0.4, 0.5) is 0 Å². The normalized spacial score (nSPS) is 10.2. The zero-order valence-corrected chi connectivity index (χ0v) is 14.8. The van der Waals surface area contributed by atoms with Crippen molar-refractivity contribution in [1.82, 2.24) is 5.32 Å². The van der Waals surface area contributed by atoms with Gasteiger partial charge in [0.1, 0.15) is 11.3 Å². The molecule has 0 atom stereocenters. The zero-order valence-electron chi connectivity index (χ0n) is 14.0. The van der Waals surface area contributed by atoms with E-state index in [1.165, 1.54) is 7.11 Å². The second kappa shape index (κ2) is 10.9. The first-order valence-corrected chi connectivity index (χ1v) is 9.00. The Morgan fingerprint density at radius 3 is 2.65 bits per heavy atom. The molecule has 0 saturated carbocycles. The van der Waals surface area contributed by atoms with Crippen molar-refractivity contribution in [2.24, 2.45) is 0 Å². The molecule has 23 heavy (non-hydrogen) atoms. The van der Waals surface area contributed by atoms with Gasteiger partial charge < -0.3 is 14.8 Å². The van der Waals surface area contributed by atoms with Gasteiger partial charge in [0.2, 0.25) is 0 Å². The average molecular weight is 339 g/mol. The Hall–Kier alpha value is -1.69. The van der Waals surface area contributed by atoms with Gasteiger partial charge in [0.25, 0.3) is 5.91 Å². The second-order valence-corrected chi connectivity index (χ2v) is 5.93. The van der Waals surface area contributed by atoms with Crippen LogP contribution in [0.1, 0.15) is 43.0 Å². The predicted octanol–water partition coefficient (Wildman–Crippen LogP) is 3.27. The molecule has 0 heterocycles. The van der Waals surface area contributed by atoms with Crippen molar-refractivity contribution >= 4 is 23.6 Å². The second-order valence-electron chi connectivity index (χ2n) is 5.05. The van der Waals surface area contributed by atoms with E-state index in [-0.39, 0.29) is 12.5 Å².